The van der Waals surface area contributed by atoms with E-state index in [4.69, 9.17) is 4.74 Å². The lowest BCUT2D eigenvalue weighted by Crippen LogP contribution is -2.37. The highest BCUT2D eigenvalue weighted by atomic mass is 19.1. The summed E-state index contributed by atoms with van der Waals surface area (Å²) in [7, 11) is 0. The van der Waals surface area contributed by atoms with E-state index < -0.39 is 11.9 Å². The van der Waals surface area contributed by atoms with Gasteiger partial charge in [-0.05, 0) is 23.8 Å². The number of Topliss-reactive ketones (excluding diaryl/α,β-unsaturated/α-hetero) is 1. The molecule has 1 amide bonds. The number of hydrogen-bond acceptors (Lipinski definition) is 3. The number of rotatable bonds is 2. The van der Waals surface area contributed by atoms with Gasteiger partial charge in [-0.15, -0.1) is 0 Å². The summed E-state index contributed by atoms with van der Waals surface area (Å²) in [5, 5.41) is 0. The summed E-state index contributed by atoms with van der Waals surface area (Å²) >= 11 is 0. The van der Waals surface area contributed by atoms with Crippen molar-refractivity contribution in [3.05, 3.63) is 65.5 Å². The maximum atomic E-state index is 13.3. The first-order valence-corrected chi connectivity index (χ1v) is 6.96. The zero-order valence-electron chi connectivity index (χ0n) is 11.8. The lowest BCUT2D eigenvalue weighted by Gasteiger charge is -2.27. The van der Waals surface area contributed by atoms with Gasteiger partial charge in [0.05, 0.1) is 5.69 Å². The smallest absolute Gasteiger partial charge is 0.414 e. The second kappa shape index (κ2) is 5.97. The quantitative estimate of drug-likeness (QED) is 0.852. The normalized spacial score (nSPS) is 13.7. The predicted molar refractivity (Wildman–Crippen MR) is 79.3 cm³/mol. The van der Waals surface area contributed by atoms with Crippen molar-refractivity contribution in [3.63, 3.8) is 0 Å². The highest BCUT2D eigenvalue weighted by molar-refractivity contribution is 6.07. The fourth-order valence-corrected chi connectivity index (χ4v) is 2.42. The monoisotopic (exact) mass is 299 g/mol. The molecule has 0 saturated heterocycles. The molecule has 2 aromatic carbocycles. The molecule has 1 heterocycles. The van der Waals surface area contributed by atoms with Gasteiger partial charge in [0.25, 0.3) is 0 Å². The number of amides is 1. The Kier molecular flexibility index (Phi) is 3.87. The molecule has 0 unspecified atom stereocenters. The third kappa shape index (κ3) is 2.83. The molecule has 0 saturated carbocycles. The van der Waals surface area contributed by atoms with Crippen molar-refractivity contribution in [3.8, 4) is 0 Å². The topological polar surface area (TPSA) is 46.6 Å². The lowest BCUT2D eigenvalue weighted by molar-refractivity contribution is 0.0977. The van der Waals surface area contributed by atoms with Crippen LogP contribution in [-0.4, -0.2) is 18.4 Å². The molecular formula is C17H14FNO3. The number of ketones is 1. The Morgan fingerprint density at radius 3 is 2.73 bits per heavy atom. The third-order valence-electron chi connectivity index (χ3n) is 3.54. The van der Waals surface area contributed by atoms with E-state index in [2.05, 4.69) is 0 Å². The zero-order chi connectivity index (χ0) is 15.5. The summed E-state index contributed by atoms with van der Waals surface area (Å²) in [4.78, 5) is 25.4. The SMILES string of the molecule is O=C1CCN(C(=O)OCc2ccccc2)c2ccc(F)cc21. The Bertz CT molecular complexity index is 715. The summed E-state index contributed by atoms with van der Waals surface area (Å²) in [6, 6.07) is 13.1. The van der Waals surface area contributed by atoms with Crippen LogP contribution in [0.1, 0.15) is 22.3 Å². The molecule has 3 rings (SSSR count). The van der Waals surface area contributed by atoms with Crippen LogP contribution >= 0.6 is 0 Å². The van der Waals surface area contributed by atoms with E-state index in [0.717, 1.165) is 11.6 Å². The zero-order valence-corrected chi connectivity index (χ0v) is 11.8. The average molecular weight is 299 g/mol. The average Bonchev–Trinajstić information content (AvgIpc) is 2.54. The molecule has 0 aromatic heterocycles. The number of carbonyl (C=O) groups excluding carboxylic acids is 2. The first-order valence-electron chi connectivity index (χ1n) is 6.96. The summed E-state index contributed by atoms with van der Waals surface area (Å²) in [5.74, 6) is -0.659. The van der Waals surface area contributed by atoms with Gasteiger partial charge < -0.3 is 4.74 Å². The van der Waals surface area contributed by atoms with Crippen LogP contribution < -0.4 is 4.90 Å². The predicted octanol–water partition coefficient (Wildman–Crippen LogP) is 3.56. The van der Waals surface area contributed by atoms with Crippen LogP contribution in [0.5, 0.6) is 0 Å². The Balaban J connectivity index is 1.77. The Morgan fingerprint density at radius 2 is 1.95 bits per heavy atom. The van der Waals surface area contributed by atoms with E-state index in [1.54, 1.807) is 0 Å². The second-order valence-electron chi connectivity index (χ2n) is 5.03. The maximum absolute atomic E-state index is 13.3. The molecule has 0 atom stereocenters. The molecule has 5 heteroatoms. The van der Waals surface area contributed by atoms with Crippen LogP contribution in [0.2, 0.25) is 0 Å². The molecule has 22 heavy (non-hydrogen) atoms. The van der Waals surface area contributed by atoms with Crippen LogP contribution in [-0.2, 0) is 11.3 Å². The molecule has 0 aliphatic carbocycles. The van der Waals surface area contributed by atoms with Crippen molar-refractivity contribution in [1.29, 1.82) is 0 Å². The van der Waals surface area contributed by atoms with Crippen LogP contribution in [0.25, 0.3) is 0 Å². The van der Waals surface area contributed by atoms with Crippen LogP contribution in [0.3, 0.4) is 0 Å². The molecule has 0 fully saturated rings. The van der Waals surface area contributed by atoms with Crippen molar-refractivity contribution in [2.45, 2.75) is 13.0 Å². The number of anilines is 1. The number of nitrogens with zero attached hydrogens (tertiary/aromatic N) is 1. The fraction of sp³-hybridized carbons (Fsp3) is 0.176. The molecule has 112 valence electrons. The van der Waals surface area contributed by atoms with Crippen molar-refractivity contribution >= 4 is 17.6 Å². The highest BCUT2D eigenvalue weighted by Gasteiger charge is 2.28. The summed E-state index contributed by atoms with van der Waals surface area (Å²) in [6.45, 7) is 0.395. The van der Waals surface area contributed by atoms with Gasteiger partial charge in [-0.25, -0.2) is 9.18 Å². The van der Waals surface area contributed by atoms with Crippen molar-refractivity contribution in [1.82, 2.24) is 0 Å². The van der Waals surface area contributed by atoms with E-state index in [9.17, 15) is 14.0 Å². The molecule has 0 bridgehead atoms. The summed E-state index contributed by atoms with van der Waals surface area (Å²) < 4.78 is 18.6. The Labute approximate surface area is 127 Å². The molecule has 2 aromatic rings. The molecule has 0 spiro atoms. The van der Waals surface area contributed by atoms with Gasteiger partial charge in [0.2, 0.25) is 0 Å². The molecule has 0 radical (unpaired) electrons. The van der Waals surface area contributed by atoms with Gasteiger partial charge in [0.15, 0.2) is 5.78 Å². The van der Waals surface area contributed by atoms with E-state index in [1.165, 1.54) is 17.0 Å². The number of fused-ring (bicyclic) bond motifs is 1. The first-order chi connectivity index (χ1) is 10.6. The minimum Gasteiger partial charge on any atom is -0.444 e. The fourth-order valence-electron chi connectivity index (χ4n) is 2.42. The number of hydrogen-bond donors (Lipinski definition) is 0. The van der Waals surface area contributed by atoms with Crippen LogP contribution in [0.4, 0.5) is 14.9 Å². The molecule has 1 aliphatic rings. The van der Waals surface area contributed by atoms with E-state index in [0.29, 0.717) is 5.69 Å². The largest absolute Gasteiger partial charge is 0.444 e. The molecule has 0 N–H and O–H groups in total. The van der Waals surface area contributed by atoms with Gasteiger partial charge in [-0.3, -0.25) is 9.69 Å². The van der Waals surface area contributed by atoms with Gasteiger partial charge >= 0.3 is 6.09 Å². The van der Waals surface area contributed by atoms with Crippen molar-refractivity contribution in [2.75, 3.05) is 11.4 Å². The van der Waals surface area contributed by atoms with Crippen LogP contribution in [0.15, 0.2) is 48.5 Å². The summed E-state index contributed by atoms with van der Waals surface area (Å²) in [6.07, 6.45) is -0.374. The number of ether oxygens (including phenoxy) is 1. The van der Waals surface area contributed by atoms with Gasteiger partial charge in [0, 0.05) is 18.5 Å². The maximum Gasteiger partial charge on any atom is 0.414 e. The molecule has 4 nitrogen and oxygen atoms in total. The van der Waals surface area contributed by atoms with Crippen molar-refractivity contribution < 1.29 is 18.7 Å². The number of carbonyl (C=O) groups is 2. The van der Waals surface area contributed by atoms with Gasteiger partial charge in [-0.1, -0.05) is 30.3 Å². The first kappa shape index (κ1) is 14.3. The van der Waals surface area contributed by atoms with Gasteiger partial charge in [0.1, 0.15) is 12.4 Å². The van der Waals surface area contributed by atoms with E-state index >= 15 is 0 Å². The highest BCUT2D eigenvalue weighted by Crippen LogP contribution is 2.28. The minimum absolute atomic E-state index is 0.153. The van der Waals surface area contributed by atoms with E-state index in [1.807, 2.05) is 30.3 Å². The summed E-state index contributed by atoms with van der Waals surface area (Å²) in [5.41, 5.74) is 1.50. The number of halogens is 1. The lowest BCUT2D eigenvalue weighted by atomic mass is 10.0. The third-order valence-corrected chi connectivity index (χ3v) is 3.54. The second-order valence-corrected chi connectivity index (χ2v) is 5.03. The Morgan fingerprint density at radius 1 is 1.18 bits per heavy atom. The minimum atomic E-state index is -0.538. The Hall–Kier alpha value is -2.69. The standard InChI is InChI=1S/C17H14FNO3/c18-13-6-7-15-14(10-13)16(20)8-9-19(15)17(21)22-11-12-4-2-1-3-5-12/h1-7,10H,8-9,11H2. The van der Waals surface area contributed by atoms with Gasteiger partial charge in [-0.2, -0.15) is 0 Å². The number of benzene rings is 2. The van der Waals surface area contributed by atoms with Crippen LogP contribution in [0, 0.1) is 5.82 Å². The van der Waals surface area contributed by atoms with Crippen molar-refractivity contribution in [2.24, 2.45) is 0 Å². The molecular weight excluding hydrogens is 285 g/mol. The molecule has 1 aliphatic heterocycles. The van der Waals surface area contributed by atoms with E-state index in [-0.39, 0.29) is 30.9 Å².